The normalized spacial score (nSPS) is 11.3. The van der Waals surface area contributed by atoms with Gasteiger partial charge in [0.25, 0.3) is 5.91 Å². The van der Waals surface area contributed by atoms with Crippen molar-refractivity contribution in [2.75, 3.05) is 0 Å². The molecular weight excluding hydrogens is 422 g/mol. The number of nitrogens with zero attached hydrogens (tertiary/aromatic N) is 2. The van der Waals surface area contributed by atoms with Gasteiger partial charge in [-0.05, 0) is 48.4 Å². The Bertz CT molecular complexity index is 1490. The molecular formula is C29H25N3O2. The Morgan fingerprint density at radius 3 is 2.47 bits per heavy atom. The minimum absolute atomic E-state index is 0.316. The summed E-state index contributed by atoms with van der Waals surface area (Å²) in [5, 5.41) is 6.59. The number of benzene rings is 4. The number of carbonyl (C=O) groups excluding carboxylic acids is 1. The SMILES string of the molecule is CCn1c2ccccc2c2cc(C=NNC(=O)c3ccccc3OCc3ccccc3)ccc21. The van der Waals surface area contributed by atoms with E-state index in [0.717, 1.165) is 17.7 Å². The first-order chi connectivity index (χ1) is 16.7. The Morgan fingerprint density at radius 1 is 0.882 bits per heavy atom. The van der Waals surface area contributed by atoms with Crippen molar-refractivity contribution in [1.82, 2.24) is 9.99 Å². The molecule has 0 radical (unpaired) electrons. The van der Waals surface area contributed by atoms with Gasteiger partial charge in [0.15, 0.2) is 0 Å². The van der Waals surface area contributed by atoms with Crippen molar-refractivity contribution in [3.05, 3.63) is 114 Å². The van der Waals surface area contributed by atoms with Crippen LogP contribution in [0.3, 0.4) is 0 Å². The standard InChI is InChI=1S/C29H25N3O2/c1-2-32-26-14-8-6-12-23(26)25-18-22(16-17-27(25)32)19-30-31-29(33)24-13-7-9-15-28(24)34-20-21-10-4-3-5-11-21/h3-19H,2,20H2,1H3,(H,31,33). The second kappa shape index (κ2) is 9.63. The van der Waals surface area contributed by atoms with Gasteiger partial charge in [0.05, 0.1) is 11.8 Å². The monoisotopic (exact) mass is 447 g/mol. The number of hydrogen-bond donors (Lipinski definition) is 1. The average molecular weight is 448 g/mol. The molecule has 0 saturated carbocycles. The van der Waals surface area contributed by atoms with Crippen LogP contribution >= 0.6 is 0 Å². The summed E-state index contributed by atoms with van der Waals surface area (Å²) < 4.78 is 8.20. The summed E-state index contributed by atoms with van der Waals surface area (Å²) in [5.74, 6) is 0.205. The number of ether oxygens (including phenoxy) is 1. The molecule has 5 rings (SSSR count). The molecule has 168 valence electrons. The van der Waals surface area contributed by atoms with Crippen LogP contribution in [0.2, 0.25) is 0 Å². The van der Waals surface area contributed by atoms with E-state index in [4.69, 9.17) is 4.74 Å². The highest BCUT2D eigenvalue weighted by molar-refractivity contribution is 6.09. The van der Waals surface area contributed by atoms with Crippen LogP contribution in [0, 0.1) is 0 Å². The molecule has 1 heterocycles. The maximum absolute atomic E-state index is 12.8. The molecule has 4 aromatic carbocycles. The van der Waals surface area contributed by atoms with Crippen molar-refractivity contribution < 1.29 is 9.53 Å². The highest BCUT2D eigenvalue weighted by Crippen LogP contribution is 2.29. The summed E-state index contributed by atoms with van der Waals surface area (Å²) in [5.41, 5.74) is 7.44. The second-order valence-electron chi connectivity index (χ2n) is 8.01. The van der Waals surface area contributed by atoms with E-state index in [1.807, 2.05) is 48.5 Å². The van der Waals surface area contributed by atoms with E-state index in [2.05, 4.69) is 58.4 Å². The third kappa shape index (κ3) is 4.28. The van der Waals surface area contributed by atoms with Crippen molar-refractivity contribution in [1.29, 1.82) is 0 Å². The number of para-hydroxylation sites is 2. The number of aromatic nitrogens is 1. The van der Waals surface area contributed by atoms with Gasteiger partial charge in [-0.1, -0.05) is 66.7 Å². The van der Waals surface area contributed by atoms with E-state index < -0.39 is 0 Å². The number of nitrogens with one attached hydrogen (secondary N) is 1. The van der Waals surface area contributed by atoms with Crippen molar-refractivity contribution in [3.8, 4) is 5.75 Å². The van der Waals surface area contributed by atoms with E-state index in [-0.39, 0.29) is 5.91 Å². The first-order valence-corrected chi connectivity index (χ1v) is 11.3. The predicted octanol–water partition coefficient (Wildman–Crippen LogP) is 6.16. The molecule has 1 N–H and O–H groups in total. The molecule has 34 heavy (non-hydrogen) atoms. The van der Waals surface area contributed by atoms with Crippen LogP contribution in [-0.2, 0) is 13.2 Å². The molecule has 0 spiro atoms. The van der Waals surface area contributed by atoms with Crippen LogP contribution in [0.4, 0.5) is 0 Å². The molecule has 0 saturated heterocycles. The molecule has 5 aromatic rings. The summed E-state index contributed by atoms with van der Waals surface area (Å²) in [6, 6.07) is 31.7. The number of fused-ring (bicyclic) bond motifs is 3. The Balaban J connectivity index is 1.33. The lowest BCUT2D eigenvalue weighted by molar-refractivity contribution is 0.0950. The summed E-state index contributed by atoms with van der Waals surface area (Å²) in [6.07, 6.45) is 1.67. The van der Waals surface area contributed by atoms with Crippen LogP contribution in [0.25, 0.3) is 21.8 Å². The summed E-state index contributed by atoms with van der Waals surface area (Å²) >= 11 is 0. The van der Waals surface area contributed by atoms with Crippen LogP contribution in [0.15, 0.2) is 102 Å². The fraction of sp³-hybridized carbons (Fsp3) is 0.103. The summed E-state index contributed by atoms with van der Waals surface area (Å²) in [7, 11) is 0. The van der Waals surface area contributed by atoms with Gasteiger partial charge < -0.3 is 9.30 Å². The van der Waals surface area contributed by atoms with Gasteiger partial charge in [0.2, 0.25) is 0 Å². The van der Waals surface area contributed by atoms with Crippen molar-refractivity contribution in [2.24, 2.45) is 5.10 Å². The molecule has 1 amide bonds. The maximum atomic E-state index is 12.8. The molecule has 0 fully saturated rings. The minimum atomic E-state index is -0.316. The molecule has 5 nitrogen and oxygen atoms in total. The van der Waals surface area contributed by atoms with E-state index in [9.17, 15) is 4.79 Å². The molecule has 0 unspecified atom stereocenters. The Kier molecular flexibility index (Phi) is 6.08. The van der Waals surface area contributed by atoms with Crippen LogP contribution in [0.5, 0.6) is 5.75 Å². The van der Waals surface area contributed by atoms with E-state index in [1.54, 1.807) is 18.3 Å². The lowest BCUT2D eigenvalue weighted by atomic mass is 10.1. The van der Waals surface area contributed by atoms with E-state index in [1.165, 1.54) is 21.8 Å². The first-order valence-electron chi connectivity index (χ1n) is 11.3. The number of amides is 1. The molecule has 1 aromatic heterocycles. The lowest BCUT2D eigenvalue weighted by Gasteiger charge is -2.10. The Hall–Kier alpha value is -4.38. The predicted molar refractivity (Wildman–Crippen MR) is 137 cm³/mol. The second-order valence-corrected chi connectivity index (χ2v) is 8.01. The third-order valence-corrected chi connectivity index (χ3v) is 5.86. The van der Waals surface area contributed by atoms with Gasteiger partial charge >= 0.3 is 0 Å². The largest absolute Gasteiger partial charge is 0.488 e. The Labute approximate surface area is 198 Å². The zero-order valence-electron chi connectivity index (χ0n) is 18.9. The van der Waals surface area contributed by atoms with Crippen LogP contribution in [0.1, 0.15) is 28.4 Å². The molecule has 0 aliphatic rings. The fourth-order valence-corrected chi connectivity index (χ4v) is 4.23. The zero-order chi connectivity index (χ0) is 23.3. The highest BCUT2D eigenvalue weighted by Gasteiger charge is 2.12. The van der Waals surface area contributed by atoms with Gasteiger partial charge in [-0.25, -0.2) is 5.43 Å². The molecule has 0 aliphatic carbocycles. The summed E-state index contributed by atoms with van der Waals surface area (Å²) in [4.78, 5) is 12.8. The van der Waals surface area contributed by atoms with Gasteiger partial charge in [0.1, 0.15) is 12.4 Å². The topological polar surface area (TPSA) is 55.6 Å². The fourth-order valence-electron chi connectivity index (χ4n) is 4.23. The van der Waals surface area contributed by atoms with Crippen molar-refractivity contribution >= 4 is 33.9 Å². The van der Waals surface area contributed by atoms with E-state index in [0.29, 0.717) is 17.9 Å². The van der Waals surface area contributed by atoms with Gasteiger partial charge in [-0.2, -0.15) is 5.10 Å². The average Bonchev–Trinajstić information content (AvgIpc) is 3.21. The highest BCUT2D eigenvalue weighted by atomic mass is 16.5. The smallest absolute Gasteiger partial charge is 0.275 e. The van der Waals surface area contributed by atoms with Gasteiger partial charge in [-0.3, -0.25) is 4.79 Å². The number of carbonyl (C=O) groups is 1. The van der Waals surface area contributed by atoms with Gasteiger partial charge in [0, 0.05) is 28.4 Å². The third-order valence-electron chi connectivity index (χ3n) is 5.86. The number of rotatable bonds is 7. The van der Waals surface area contributed by atoms with Crippen molar-refractivity contribution in [3.63, 3.8) is 0 Å². The first kappa shape index (κ1) is 21.5. The molecule has 0 atom stereocenters. The van der Waals surface area contributed by atoms with E-state index >= 15 is 0 Å². The van der Waals surface area contributed by atoms with Crippen LogP contribution in [-0.4, -0.2) is 16.7 Å². The van der Waals surface area contributed by atoms with Gasteiger partial charge in [-0.15, -0.1) is 0 Å². The van der Waals surface area contributed by atoms with Crippen molar-refractivity contribution in [2.45, 2.75) is 20.1 Å². The number of aryl methyl sites for hydroxylation is 1. The molecule has 0 bridgehead atoms. The molecule has 0 aliphatic heterocycles. The zero-order valence-corrected chi connectivity index (χ0v) is 18.9. The minimum Gasteiger partial charge on any atom is -0.488 e. The maximum Gasteiger partial charge on any atom is 0.275 e. The number of hydrogen-bond acceptors (Lipinski definition) is 3. The molecule has 5 heteroatoms. The lowest BCUT2D eigenvalue weighted by Crippen LogP contribution is -2.18. The van der Waals surface area contributed by atoms with Crippen LogP contribution < -0.4 is 10.2 Å². The number of hydrazone groups is 1. The summed E-state index contributed by atoms with van der Waals surface area (Å²) in [6.45, 7) is 3.44. The Morgan fingerprint density at radius 2 is 1.62 bits per heavy atom. The quantitative estimate of drug-likeness (QED) is 0.240.